The van der Waals surface area contributed by atoms with Crippen LogP contribution < -0.4 is 10.1 Å². The van der Waals surface area contributed by atoms with Crippen molar-refractivity contribution in [3.63, 3.8) is 0 Å². The summed E-state index contributed by atoms with van der Waals surface area (Å²) < 4.78 is 18.6. The second-order valence-corrected chi connectivity index (χ2v) is 6.08. The number of hydrogen-bond acceptors (Lipinski definition) is 3. The van der Waals surface area contributed by atoms with Crippen LogP contribution in [0, 0.1) is 11.2 Å². The molecule has 1 saturated carbocycles. The Hall–Kier alpha value is -1.82. The molecule has 2 N–H and O–H groups in total. The van der Waals surface area contributed by atoms with Crippen LogP contribution in [0.15, 0.2) is 18.2 Å². The molecule has 1 aliphatic carbocycles. The van der Waals surface area contributed by atoms with Crippen molar-refractivity contribution in [3.05, 3.63) is 29.6 Å². The van der Waals surface area contributed by atoms with Gasteiger partial charge in [0.15, 0.2) is 11.6 Å². The van der Waals surface area contributed by atoms with Gasteiger partial charge < -0.3 is 20.1 Å². The summed E-state index contributed by atoms with van der Waals surface area (Å²) in [5.74, 6) is -0.273. The van der Waals surface area contributed by atoms with E-state index in [4.69, 9.17) is 4.74 Å². The van der Waals surface area contributed by atoms with Crippen LogP contribution in [0.4, 0.5) is 9.18 Å². The topological polar surface area (TPSA) is 61.8 Å². The Kier molecular flexibility index (Phi) is 4.90. The van der Waals surface area contributed by atoms with Crippen LogP contribution in [0.1, 0.15) is 31.4 Å². The van der Waals surface area contributed by atoms with Gasteiger partial charge in [0.1, 0.15) is 0 Å². The summed E-state index contributed by atoms with van der Waals surface area (Å²) >= 11 is 0. The number of nitrogens with one attached hydrogen (secondary N) is 1. The van der Waals surface area contributed by atoms with E-state index in [1.165, 1.54) is 13.2 Å². The maximum absolute atomic E-state index is 13.7. The summed E-state index contributed by atoms with van der Waals surface area (Å²) in [6.45, 7) is 2.43. The maximum Gasteiger partial charge on any atom is 0.317 e. The van der Waals surface area contributed by atoms with Crippen LogP contribution in [0.2, 0.25) is 0 Å². The predicted octanol–water partition coefficient (Wildman–Crippen LogP) is 2.31. The van der Waals surface area contributed by atoms with Gasteiger partial charge in [-0.05, 0) is 37.5 Å². The third-order valence-electron chi connectivity index (χ3n) is 4.23. The summed E-state index contributed by atoms with van der Waals surface area (Å²) in [6.07, 6.45) is 1.89. The molecule has 2 amide bonds. The molecule has 1 aromatic carbocycles. The van der Waals surface area contributed by atoms with Crippen LogP contribution in [-0.4, -0.2) is 43.3 Å². The highest BCUT2D eigenvalue weighted by molar-refractivity contribution is 5.74. The number of ether oxygens (including phenoxy) is 1. The largest absolute Gasteiger partial charge is 0.494 e. The minimum absolute atomic E-state index is 0.101. The van der Waals surface area contributed by atoms with Gasteiger partial charge in [-0.3, -0.25) is 0 Å². The first-order valence-electron chi connectivity index (χ1n) is 7.37. The number of urea groups is 1. The summed E-state index contributed by atoms with van der Waals surface area (Å²) in [5, 5.41) is 12.1. The summed E-state index contributed by atoms with van der Waals surface area (Å²) in [6, 6.07) is 4.08. The number of carbonyl (C=O) groups excluding carboxylic acids is 1. The number of halogens is 1. The second-order valence-electron chi connectivity index (χ2n) is 6.08. The highest BCUT2D eigenvalue weighted by Gasteiger charge is 2.43. The molecular formula is C16H23FN2O3. The quantitative estimate of drug-likeness (QED) is 0.847. The van der Waals surface area contributed by atoms with Gasteiger partial charge in [0.2, 0.25) is 0 Å². The van der Waals surface area contributed by atoms with Crippen molar-refractivity contribution < 1.29 is 19.0 Å². The van der Waals surface area contributed by atoms with Crippen molar-refractivity contribution in [1.29, 1.82) is 0 Å². The SMILES string of the molecule is COc1ccc([C@H](C)NC(=O)N(C)CC2(CO)CC2)cc1F. The third kappa shape index (κ3) is 3.68. The van der Waals surface area contributed by atoms with Gasteiger partial charge in [-0.25, -0.2) is 9.18 Å². The van der Waals surface area contributed by atoms with Gasteiger partial charge in [-0.15, -0.1) is 0 Å². The number of rotatable bonds is 6. The molecule has 1 fully saturated rings. The van der Waals surface area contributed by atoms with E-state index in [2.05, 4.69) is 5.32 Å². The summed E-state index contributed by atoms with van der Waals surface area (Å²) in [5.41, 5.74) is 0.546. The van der Waals surface area contributed by atoms with Gasteiger partial charge in [0, 0.05) is 19.0 Å². The predicted molar refractivity (Wildman–Crippen MR) is 81.3 cm³/mol. The molecule has 0 aliphatic heterocycles. The first-order chi connectivity index (χ1) is 10.4. The molecule has 1 atom stereocenters. The maximum atomic E-state index is 13.7. The Balaban J connectivity index is 1.94. The number of carbonyl (C=O) groups is 1. The van der Waals surface area contributed by atoms with E-state index >= 15 is 0 Å². The van der Waals surface area contributed by atoms with Crippen LogP contribution in [0.25, 0.3) is 0 Å². The zero-order chi connectivity index (χ0) is 16.3. The molecule has 6 heteroatoms. The molecule has 0 radical (unpaired) electrons. The van der Waals surface area contributed by atoms with Crippen molar-refractivity contribution >= 4 is 6.03 Å². The van der Waals surface area contributed by atoms with E-state index in [0.717, 1.165) is 12.8 Å². The number of benzene rings is 1. The summed E-state index contributed by atoms with van der Waals surface area (Å²) in [4.78, 5) is 13.7. The zero-order valence-electron chi connectivity index (χ0n) is 13.2. The van der Waals surface area contributed by atoms with Crippen molar-refractivity contribution in [2.45, 2.75) is 25.8 Å². The lowest BCUT2D eigenvalue weighted by molar-refractivity contribution is 0.160. The Morgan fingerprint density at radius 2 is 2.23 bits per heavy atom. The zero-order valence-corrected chi connectivity index (χ0v) is 13.2. The fraction of sp³-hybridized carbons (Fsp3) is 0.562. The van der Waals surface area contributed by atoms with Crippen molar-refractivity contribution in [2.75, 3.05) is 27.3 Å². The first-order valence-corrected chi connectivity index (χ1v) is 7.37. The van der Waals surface area contributed by atoms with Gasteiger partial charge >= 0.3 is 6.03 Å². The molecule has 0 spiro atoms. The Morgan fingerprint density at radius 3 is 2.73 bits per heavy atom. The number of nitrogens with zero attached hydrogens (tertiary/aromatic N) is 1. The minimum Gasteiger partial charge on any atom is -0.494 e. The standard InChI is InChI=1S/C16H23FN2O3/c1-11(12-4-5-14(22-3)13(17)8-12)18-15(21)19(2)9-16(10-20)6-7-16/h4-5,8,11,20H,6-7,9-10H2,1-3H3,(H,18,21)/t11-/m0/s1. The molecule has 0 aromatic heterocycles. The normalized spacial score (nSPS) is 16.8. The molecule has 1 aromatic rings. The fourth-order valence-corrected chi connectivity index (χ4v) is 2.45. The van der Waals surface area contributed by atoms with Crippen LogP contribution in [0.3, 0.4) is 0 Å². The molecule has 0 unspecified atom stereocenters. The Bertz CT molecular complexity index is 546. The van der Waals surface area contributed by atoms with Crippen LogP contribution in [0.5, 0.6) is 5.75 Å². The van der Waals surface area contributed by atoms with E-state index in [1.54, 1.807) is 31.0 Å². The average Bonchev–Trinajstić information content (AvgIpc) is 3.27. The molecule has 5 nitrogen and oxygen atoms in total. The minimum atomic E-state index is -0.452. The van der Waals surface area contributed by atoms with E-state index in [1.807, 2.05) is 0 Å². The number of methoxy groups -OCH3 is 1. The first kappa shape index (κ1) is 16.5. The van der Waals surface area contributed by atoms with Gasteiger partial charge in [-0.1, -0.05) is 6.07 Å². The number of hydrogen-bond donors (Lipinski definition) is 2. The molecule has 22 heavy (non-hydrogen) atoms. The number of aliphatic hydroxyl groups is 1. The number of aliphatic hydroxyl groups excluding tert-OH is 1. The lowest BCUT2D eigenvalue weighted by atomic mass is 10.1. The monoisotopic (exact) mass is 310 g/mol. The third-order valence-corrected chi connectivity index (χ3v) is 4.23. The Morgan fingerprint density at radius 1 is 1.55 bits per heavy atom. The van der Waals surface area contributed by atoms with Crippen LogP contribution >= 0.6 is 0 Å². The fourth-order valence-electron chi connectivity index (χ4n) is 2.45. The van der Waals surface area contributed by atoms with Crippen molar-refractivity contribution in [3.8, 4) is 5.75 Å². The molecule has 2 rings (SSSR count). The second kappa shape index (κ2) is 6.52. The van der Waals surface area contributed by atoms with Crippen molar-refractivity contribution in [1.82, 2.24) is 10.2 Å². The summed E-state index contributed by atoms with van der Waals surface area (Å²) in [7, 11) is 3.11. The Labute approximate surface area is 130 Å². The molecule has 0 heterocycles. The average molecular weight is 310 g/mol. The number of amides is 2. The molecule has 0 saturated heterocycles. The highest BCUT2D eigenvalue weighted by Crippen LogP contribution is 2.45. The lowest BCUT2D eigenvalue weighted by Gasteiger charge is -2.25. The lowest BCUT2D eigenvalue weighted by Crippen LogP contribution is -2.42. The molecular weight excluding hydrogens is 287 g/mol. The molecule has 1 aliphatic rings. The van der Waals surface area contributed by atoms with Gasteiger partial charge in [0.05, 0.1) is 19.8 Å². The van der Waals surface area contributed by atoms with E-state index < -0.39 is 5.82 Å². The van der Waals surface area contributed by atoms with Crippen molar-refractivity contribution in [2.24, 2.45) is 5.41 Å². The molecule has 0 bridgehead atoms. The van der Waals surface area contributed by atoms with E-state index in [0.29, 0.717) is 12.1 Å². The van der Waals surface area contributed by atoms with Gasteiger partial charge in [-0.2, -0.15) is 0 Å². The molecule has 122 valence electrons. The van der Waals surface area contributed by atoms with E-state index in [9.17, 15) is 14.3 Å². The highest BCUT2D eigenvalue weighted by atomic mass is 19.1. The smallest absolute Gasteiger partial charge is 0.317 e. The van der Waals surface area contributed by atoms with E-state index in [-0.39, 0.29) is 29.8 Å². The van der Waals surface area contributed by atoms with Gasteiger partial charge in [0.25, 0.3) is 0 Å². The van der Waals surface area contributed by atoms with Crippen LogP contribution in [-0.2, 0) is 0 Å².